The quantitative estimate of drug-likeness (QED) is 0.800. The van der Waals surface area contributed by atoms with Gasteiger partial charge in [0, 0.05) is 24.0 Å². The first kappa shape index (κ1) is 16.3. The first-order valence-corrected chi connectivity index (χ1v) is 6.93. The predicted molar refractivity (Wildman–Crippen MR) is 78.4 cm³/mol. The van der Waals surface area contributed by atoms with Crippen LogP contribution in [0, 0.1) is 11.2 Å². The molecule has 1 unspecified atom stereocenters. The minimum atomic E-state index is -0.306. The average molecular weight is 288 g/mol. The highest BCUT2D eigenvalue weighted by molar-refractivity contribution is 6.20. The lowest BCUT2D eigenvalue weighted by molar-refractivity contribution is 0.363. The van der Waals surface area contributed by atoms with E-state index in [1.54, 1.807) is 18.2 Å². The van der Waals surface area contributed by atoms with Crippen molar-refractivity contribution in [2.45, 2.75) is 39.1 Å². The number of alkyl halides is 1. The molecule has 4 heteroatoms. The van der Waals surface area contributed by atoms with Crippen LogP contribution in [0.15, 0.2) is 18.2 Å². The minimum absolute atomic E-state index is 0.0497. The predicted octanol–water partition coefficient (Wildman–Crippen LogP) is 3.97. The summed E-state index contributed by atoms with van der Waals surface area (Å²) >= 11 is 6.25. The zero-order valence-electron chi connectivity index (χ0n) is 12.1. The summed E-state index contributed by atoms with van der Waals surface area (Å²) in [4.78, 5) is 0. The Kier molecular flexibility index (Phi) is 6.08. The van der Waals surface area contributed by atoms with Crippen molar-refractivity contribution >= 4 is 11.6 Å². The molecule has 0 saturated carbocycles. The number of rotatable bonds is 6. The van der Waals surface area contributed by atoms with Gasteiger partial charge in [-0.3, -0.25) is 0 Å². The number of nitrogens with one attached hydrogen (secondary N) is 1. The fourth-order valence-electron chi connectivity index (χ4n) is 1.95. The lowest BCUT2D eigenvalue weighted by atomic mass is 9.90. The molecule has 0 spiro atoms. The molecule has 0 fully saturated rings. The highest BCUT2D eigenvalue weighted by Crippen LogP contribution is 2.23. The smallest absolute Gasteiger partial charge is 0.169 e. The molecular formula is C15H23ClFNO. The fraction of sp³-hybridized carbons (Fsp3) is 0.600. The van der Waals surface area contributed by atoms with Crippen LogP contribution >= 0.6 is 11.6 Å². The van der Waals surface area contributed by atoms with Gasteiger partial charge in [-0.25, -0.2) is 4.39 Å². The second-order valence-corrected chi connectivity index (χ2v) is 6.54. The molecule has 0 aliphatic heterocycles. The second-order valence-electron chi connectivity index (χ2n) is 5.93. The van der Waals surface area contributed by atoms with Crippen LogP contribution in [0.4, 0.5) is 4.39 Å². The summed E-state index contributed by atoms with van der Waals surface area (Å²) in [5, 5.41) is 3.24. The van der Waals surface area contributed by atoms with E-state index in [-0.39, 0.29) is 22.4 Å². The molecule has 1 aromatic carbocycles. The molecule has 0 aromatic heterocycles. The highest BCUT2D eigenvalue weighted by atomic mass is 35.5. The van der Waals surface area contributed by atoms with Crippen molar-refractivity contribution in [1.29, 1.82) is 0 Å². The van der Waals surface area contributed by atoms with E-state index in [1.807, 2.05) is 0 Å². The number of benzene rings is 1. The maximum absolute atomic E-state index is 13.9. The summed E-state index contributed by atoms with van der Waals surface area (Å²) in [5.74, 6) is -0.0316. The molecule has 0 radical (unpaired) electrons. The lowest BCUT2D eigenvalue weighted by Crippen LogP contribution is -2.26. The van der Waals surface area contributed by atoms with Gasteiger partial charge in [-0.1, -0.05) is 32.9 Å². The van der Waals surface area contributed by atoms with Crippen LogP contribution in [0.2, 0.25) is 0 Å². The number of hydrogen-bond donors (Lipinski definition) is 1. The molecule has 1 aromatic rings. The van der Waals surface area contributed by atoms with E-state index in [9.17, 15) is 4.39 Å². The Bertz CT molecular complexity index is 404. The molecule has 1 rings (SSSR count). The Labute approximate surface area is 120 Å². The van der Waals surface area contributed by atoms with Crippen molar-refractivity contribution < 1.29 is 9.13 Å². The Morgan fingerprint density at radius 2 is 2.05 bits per heavy atom. The zero-order chi connectivity index (χ0) is 14.5. The molecular weight excluding hydrogens is 265 g/mol. The van der Waals surface area contributed by atoms with Crippen LogP contribution in [0.25, 0.3) is 0 Å². The minimum Gasteiger partial charge on any atom is -0.494 e. The van der Waals surface area contributed by atoms with Crippen molar-refractivity contribution in [2.24, 2.45) is 5.41 Å². The lowest BCUT2D eigenvalue weighted by Gasteiger charge is -2.22. The highest BCUT2D eigenvalue weighted by Gasteiger charge is 2.16. The van der Waals surface area contributed by atoms with Crippen LogP contribution in [-0.2, 0) is 6.54 Å². The number of ether oxygens (including phenoxy) is 1. The van der Waals surface area contributed by atoms with Gasteiger partial charge in [0.05, 0.1) is 7.11 Å². The number of methoxy groups -OCH3 is 1. The Balaban J connectivity index is 2.45. The third-order valence-electron chi connectivity index (χ3n) is 2.78. The third kappa shape index (κ3) is 5.79. The summed E-state index contributed by atoms with van der Waals surface area (Å²) in [5.41, 5.74) is 0.800. The monoisotopic (exact) mass is 287 g/mol. The van der Waals surface area contributed by atoms with E-state index >= 15 is 0 Å². The van der Waals surface area contributed by atoms with Gasteiger partial charge >= 0.3 is 0 Å². The van der Waals surface area contributed by atoms with Gasteiger partial charge in [-0.2, -0.15) is 0 Å². The van der Waals surface area contributed by atoms with Crippen LogP contribution < -0.4 is 10.1 Å². The molecule has 2 nitrogen and oxygen atoms in total. The van der Waals surface area contributed by atoms with Gasteiger partial charge in [0.1, 0.15) is 0 Å². The van der Waals surface area contributed by atoms with E-state index in [4.69, 9.17) is 16.3 Å². The van der Waals surface area contributed by atoms with Gasteiger partial charge in [0.2, 0.25) is 0 Å². The maximum atomic E-state index is 13.9. The summed E-state index contributed by atoms with van der Waals surface area (Å²) in [6.45, 7) is 7.59. The van der Waals surface area contributed by atoms with Gasteiger partial charge in [0.15, 0.2) is 11.6 Å². The Hall–Kier alpha value is -0.800. The van der Waals surface area contributed by atoms with Gasteiger partial charge in [0.25, 0.3) is 0 Å². The fourth-order valence-corrected chi connectivity index (χ4v) is 2.52. The topological polar surface area (TPSA) is 21.3 Å². The van der Waals surface area contributed by atoms with Crippen molar-refractivity contribution in [3.05, 3.63) is 29.6 Å². The summed E-state index contributed by atoms with van der Waals surface area (Å²) < 4.78 is 18.8. The molecule has 0 aliphatic carbocycles. The normalized spacial score (nSPS) is 13.4. The Morgan fingerprint density at radius 3 is 2.63 bits per heavy atom. The summed E-state index contributed by atoms with van der Waals surface area (Å²) in [7, 11) is 1.47. The van der Waals surface area contributed by atoms with Gasteiger partial charge < -0.3 is 10.1 Å². The van der Waals surface area contributed by atoms with E-state index in [1.165, 1.54) is 7.11 Å². The molecule has 0 heterocycles. The summed E-state index contributed by atoms with van der Waals surface area (Å²) in [6.07, 6.45) is 0.919. The van der Waals surface area contributed by atoms with E-state index < -0.39 is 0 Å². The summed E-state index contributed by atoms with van der Waals surface area (Å²) in [6, 6.07) is 5.15. The van der Waals surface area contributed by atoms with Crippen LogP contribution in [0.3, 0.4) is 0 Å². The van der Waals surface area contributed by atoms with E-state index in [0.29, 0.717) is 18.7 Å². The van der Waals surface area contributed by atoms with Gasteiger partial charge in [-0.15, -0.1) is 11.6 Å². The van der Waals surface area contributed by atoms with E-state index in [2.05, 4.69) is 26.1 Å². The van der Waals surface area contributed by atoms with Crippen LogP contribution in [-0.4, -0.2) is 19.0 Å². The average Bonchev–Trinajstić information content (AvgIpc) is 2.29. The molecule has 0 amide bonds. The second kappa shape index (κ2) is 7.11. The molecule has 0 saturated heterocycles. The van der Waals surface area contributed by atoms with Crippen molar-refractivity contribution in [3.8, 4) is 5.75 Å². The molecule has 1 N–H and O–H groups in total. The van der Waals surface area contributed by atoms with Crippen molar-refractivity contribution in [2.75, 3.05) is 13.7 Å². The first-order valence-electron chi connectivity index (χ1n) is 6.49. The third-order valence-corrected chi connectivity index (χ3v) is 3.09. The largest absolute Gasteiger partial charge is 0.494 e. The standard InChI is InChI=1S/C15H23ClFNO/c1-15(2,3)8-12(16)10-18-9-11-6-5-7-13(19-4)14(11)17/h5-7,12,18H,8-10H2,1-4H3. The molecule has 0 bridgehead atoms. The molecule has 0 aliphatic rings. The van der Waals surface area contributed by atoms with Crippen LogP contribution in [0.5, 0.6) is 5.75 Å². The number of halogens is 2. The Morgan fingerprint density at radius 1 is 1.37 bits per heavy atom. The maximum Gasteiger partial charge on any atom is 0.169 e. The molecule has 19 heavy (non-hydrogen) atoms. The van der Waals surface area contributed by atoms with E-state index in [0.717, 1.165) is 6.42 Å². The zero-order valence-corrected chi connectivity index (χ0v) is 12.9. The van der Waals surface area contributed by atoms with Crippen molar-refractivity contribution in [1.82, 2.24) is 5.32 Å². The number of hydrogen-bond acceptors (Lipinski definition) is 2. The molecule has 108 valence electrons. The van der Waals surface area contributed by atoms with Crippen molar-refractivity contribution in [3.63, 3.8) is 0 Å². The van der Waals surface area contributed by atoms with Gasteiger partial charge in [-0.05, 0) is 17.9 Å². The SMILES string of the molecule is COc1cccc(CNCC(Cl)CC(C)(C)C)c1F. The molecule has 1 atom stereocenters. The first-order chi connectivity index (χ1) is 8.83. The van der Waals surface area contributed by atoms with Crippen LogP contribution in [0.1, 0.15) is 32.8 Å².